The molecule has 2 aromatic rings. The Morgan fingerprint density at radius 2 is 1.61 bits per heavy atom. The van der Waals surface area contributed by atoms with Gasteiger partial charge in [-0.1, -0.05) is 44.0 Å². The molecule has 0 saturated heterocycles. The second-order valence-corrected chi connectivity index (χ2v) is 6.47. The summed E-state index contributed by atoms with van der Waals surface area (Å²) in [6, 6.07) is 16.8. The molecule has 2 N–H and O–H groups in total. The normalized spacial score (nSPS) is 10.7. The fourth-order valence-electron chi connectivity index (χ4n) is 1.75. The van der Waals surface area contributed by atoms with Crippen LogP contribution in [0.15, 0.2) is 69.2 Å². The van der Waals surface area contributed by atoms with E-state index in [1.165, 1.54) is 6.20 Å². The Morgan fingerprint density at radius 1 is 1.04 bits per heavy atom. The predicted octanol–water partition coefficient (Wildman–Crippen LogP) is 4.35. The molecular weight excluding hydrogens is 422 g/mol. The van der Waals surface area contributed by atoms with Crippen molar-refractivity contribution in [2.45, 2.75) is 6.54 Å². The highest BCUT2D eigenvalue weighted by molar-refractivity contribution is 9.10. The van der Waals surface area contributed by atoms with E-state index in [4.69, 9.17) is 5.26 Å². The van der Waals surface area contributed by atoms with E-state index in [2.05, 4.69) is 42.5 Å². The van der Waals surface area contributed by atoms with Gasteiger partial charge >= 0.3 is 0 Å². The number of benzene rings is 2. The van der Waals surface area contributed by atoms with Crippen molar-refractivity contribution < 1.29 is 4.79 Å². The molecule has 2 rings (SSSR count). The number of hydrogen-bond donors (Lipinski definition) is 2. The minimum atomic E-state index is -0.446. The van der Waals surface area contributed by atoms with Gasteiger partial charge in [-0.2, -0.15) is 5.26 Å². The summed E-state index contributed by atoms with van der Waals surface area (Å²) in [6.45, 7) is 0.532. The minimum absolute atomic E-state index is 0.0185. The number of carbonyl (C=O) groups excluding carboxylic acids is 1. The smallest absolute Gasteiger partial charge is 0.267 e. The highest BCUT2D eigenvalue weighted by Crippen LogP contribution is 2.15. The van der Waals surface area contributed by atoms with Gasteiger partial charge in [0.15, 0.2) is 0 Å². The number of halogens is 2. The molecule has 0 unspecified atom stereocenters. The maximum Gasteiger partial charge on any atom is 0.267 e. The third kappa shape index (κ3) is 5.55. The molecule has 0 aromatic heterocycles. The zero-order valence-electron chi connectivity index (χ0n) is 12.0. The molecule has 1 amide bonds. The highest BCUT2D eigenvalue weighted by Gasteiger charge is 2.08. The van der Waals surface area contributed by atoms with Gasteiger partial charge in [-0.25, -0.2) is 0 Å². The van der Waals surface area contributed by atoms with Crippen LogP contribution in [0.2, 0.25) is 0 Å². The number of nitriles is 1. The monoisotopic (exact) mass is 433 g/mol. The SMILES string of the molecule is N#C/C(=C/NCc1ccc(Br)cc1)C(=O)Nc1ccc(Br)cc1. The summed E-state index contributed by atoms with van der Waals surface area (Å²) in [4.78, 5) is 12.1. The molecule has 0 aliphatic heterocycles. The minimum Gasteiger partial charge on any atom is -0.386 e. The largest absolute Gasteiger partial charge is 0.386 e. The van der Waals surface area contributed by atoms with Crippen molar-refractivity contribution in [2.75, 3.05) is 5.32 Å². The van der Waals surface area contributed by atoms with Crippen LogP contribution < -0.4 is 10.6 Å². The summed E-state index contributed by atoms with van der Waals surface area (Å²) in [5.41, 5.74) is 1.70. The Morgan fingerprint density at radius 3 is 2.17 bits per heavy atom. The lowest BCUT2D eigenvalue weighted by Gasteiger charge is -2.05. The predicted molar refractivity (Wildman–Crippen MR) is 97.4 cm³/mol. The zero-order valence-corrected chi connectivity index (χ0v) is 15.2. The van der Waals surface area contributed by atoms with Crippen molar-refractivity contribution in [3.8, 4) is 6.07 Å². The molecular formula is C17H13Br2N3O. The number of hydrogen-bond acceptors (Lipinski definition) is 3. The van der Waals surface area contributed by atoms with Crippen molar-refractivity contribution in [3.05, 3.63) is 74.8 Å². The zero-order chi connectivity index (χ0) is 16.7. The summed E-state index contributed by atoms with van der Waals surface area (Å²) in [5.74, 6) is -0.446. The van der Waals surface area contributed by atoms with Gasteiger partial charge in [0.05, 0.1) is 0 Å². The van der Waals surface area contributed by atoms with Gasteiger partial charge in [0, 0.05) is 27.4 Å². The van der Waals surface area contributed by atoms with Crippen LogP contribution in [0.25, 0.3) is 0 Å². The van der Waals surface area contributed by atoms with Gasteiger partial charge in [-0.3, -0.25) is 4.79 Å². The number of nitrogens with one attached hydrogen (secondary N) is 2. The van der Waals surface area contributed by atoms with Crippen LogP contribution in [0.3, 0.4) is 0 Å². The van der Waals surface area contributed by atoms with E-state index in [-0.39, 0.29) is 5.57 Å². The van der Waals surface area contributed by atoms with Crippen LogP contribution in [0, 0.1) is 11.3 Å². The van der Waals surface area contributed by atoms with Crippen LogP contribution >= 0.6 is 31.9 Å². The van der Waals surface area contributed by atoms with Crippen LogP contribution in [0.5, 0.6) is 0 Å². The quantitative estimate of drug-likeness (QED) is 0.543. The fourth-order valence-corrected chi connectivity index (χ4v) is 2.28. The summed E-state index contributed by atoms with van der Waals surface area (Å²) < 4.78 is 1.92. The first-order valence-electron chi connectivity index (χ1n) is 6.73. The molecule has 116 valence electrons. The third-order valence-corrected chi connectivity index (χ3v) is 3.99. The first-order chi connectivity index (χ1) is 11.1. The van der Waals surface area contributed by atoms with E-state index >= 15 is 0 Å². The molecule has 0 atom stereocenters. The van der Waals surface area contributed by atoms with Crippen molar-refractivity contribution in [2.24, 2.45) is 0 Å². The Balaban J connectivity index is 1.95. The average Bonchev–Trinajstić information content (AvgIpc) is 2.55. The molecule has 4 nitrogen and oxygen atoms in total. The Kier molecular flexibility index (Phi) is 6.39. The maximum absolute atomic E-state index is 12.1. The van der Waals surface area contributed by atoms with Gasteiger partial charge in [0.1, 0.15) is 11.6 Å². The van der Waals surface area contributed by atoms with E-state index in [0.29, 0.717) is 12.2 Å². The lowest BCUT2D eigenvalue weighted by molar-refractivity contribution is -0.112. The molecule has 6 heteroatoms. The Hall–Kier alpha value is -2.10. The number of amides is 1. The second kappa shape index (κ2) is 8.51. The van der Waals surface area contributed by atoms with Crippen LogP contribution in [0.4, 0.5) is 5.69 Å². The van der Waals surface area contributed by atoms with E-state index in [9.17, 15) is 4.79 Å². The number of carbonyl (C=O) groups is 1. The highest BCUT2D eigenvalue weighted by atomic mass is 79.9. The summed E-state index contributed by atoms with van der Waals surface area (Å²) >= 11 is 6.70. The van der Waals surface area contributed by atoms with Crippen molar-refractivity contribution in [1.82, 2.24) is 5.32 Å². The molecule has 0 aliphatic rings. The van der Waals surface area contributed by atoms with Gasteiger partial charge in [0.2, 0.25) is 0 Å². The van der Waals surface area contributed by atoms with E-state index in [1.54, 1.807) is 12.1 Å². The molecule has 0 fully saturated rings. The molecule has 0 saturated carbocycles. The topological polar surface area (TPSA) is 64.9 Å². The summed E-state index contributed by atoms with van der Waals surface area (Å²) in [5, 5.41) is 14.8. The van der Waals surface area contributed by atoms with Gasteiger partial charge in [-0.05, 0) is 42.0 Å². The maximum atomic E-state index is 12.1. The number of rotatable bonds is 5. The summed E-state index contributed by atoms with van der Waals surface area (Å²) in [7, 11) is 0. The van der Waals surface area contributed by atoms with E-state index < -0.39 is 5.91 Å². The van der Waals surface area contributed by atoms with E-state index in [1.807, 2.05) is 42.5 Å². The first-order valence-corrected chi connectivity index (χ1v) is 8.32. The van der Waals surface area contributed by atoms with Crippen molar-refractivity contribution in [3.63, 3.8) is 0 Å². The van der Waals surface area contributed by atoms with Gasteiger partial charge in [0.25, 0.3) is 5.91 Å². The van der Waals surface area contributed by atoms with Crippen LogP contribution in [0.1, 0.15) is 5.56 Å². The average molecular weight is 435 g/mol. The van der Waals surface area contributed by atoms with Gasteiger partial charge in [-0.15, -0.1) is 0 Å². The lowest BCUT2D eigenvalue weighted by Crippen LogP contribution is -2.16. The molecule has 23 heavy (non-hydrogen) atoms. The number of anilines is 1. The molecule has 0 bridgehead atoms. The van der Waals surface area contributed by atoms with Crippen molar-refractivity contribution in [1.29, 1.82) is 5.26 Å². The fraction of sp³-hybridized carbons (Fsp3) is 0.0588. The molecule has 0 spiro atoms. The first kappa shape index (κ1) is 17.3. The lowest BCUT2D eigenvalue weighted by atomic mass is 10.2. The molecule has 0 radical (unpaired) electrons. The number of nitrogens with zero attached hydrogens (tertiary/aromatic N) is 1. The van der Waals surface area contributed by atoms with E-state index in [0.717, 1.165) is 14.5 Å². The molecule has 0 aliphatic carbocycles. The molecule has 0 heterocycles. The Bertz CT molecular complexity index is 747. The third-order valence-electron chi connectivity index (χ3n) is 2.93. The second-order valence-electron chi connectivity index (χ2n) is 4.64. The Labute approximate surface area is 151 Å². The van der Waals surface area contributed by atoms with Crippen LogP contribution in [-0.4, -0.2) is 5.91 Å². The van der Waals surface area contributed by atoms with Gasteiger partial charge < -0.3 is 10.6 Å². The molecule has 2 aromatic carbocycles. The van der Waals surface area contributed by atoms with Crippen LogP contribution in [-0.2, 0) is 11.3 Å². The summed E-state index contributed by atoms with van der Waals surface area (Å²) in [6.07, 6.45) is 1.43. The standard InChI is InChI=1S/C17H13Br2N3O/c18-14-3-1-12(2-4-14)10-21-11-13(9-20)17(23)22-16-7-5-15(19)6-8-16/h1-8,11,21H,10H2,(H,22,23)/b13-11-. The van der Waals surface area contributed by atoms with Crippen molar-refractivity contribution >= 4 is 43.5 Å².